The van der Waals surface area contributed by atoms with Gasteiger partial charge in [-0.2, -0.15) is 0 Å². The number of carbonyl (C=O) groups is 2. The molecule has 0 fully saturated rings. The molecule has 1 aliphatic carbocycles. The normalized spacial score (nSPS) is 14.6. The van der Waals surface area contributed by atoms with Gasteiger partial charge in [-0.1, -0.05) is 6.07 Å². The van der Waals surface area contributed by atoms with Crippen LogP contribution in [0.4, 0.5) is 0 Å². The van der Waals surface area contributed by atoms with Gasteiger partial charge in [-0.05, 0) is 24.5 Å². The Hall–Kier alpha value is -1.71. The Morgan fingerprint density at radius 3 is 2.93 bits per heavy atom. The van der Waals surface area contributed by atoms with Crippen LogP contribution in [0.2, 0.25) is 0 Å². The van der Waals surface area contributed by atoms with Crippen molar-refractivity contribution < 1.29 is 14.3 Å². The average molecular weight is 205 g/mol. The van der Waals surface area contributed by atoms with Crippen LogP contribution >= 0.6 is 0 Å². The molecule has 0 bridgehead atoms. The van der Waals surface area contributed by atoms with Gasteiger partial charge in [0.2, 0.25) is 0 Å². The fourth-order valence-corrected chi connectivity index (χ4v) is 1.71. The Morgan fingerprint density at radius 1 is 1.40 bits per heavy atom. The number of Topliss-reactive ketones (excluding diaryl/α,β-unsaturated/α-hetero) is 1. The summed E-state index contributed by atoms with van der Waals surface area (Å²) in [5.74, 6) is -0.488. The first-order chi connectivity index (χ1) is 7.22. The van der Waals surface area contributed by atoms with Gasteiger partial charge >= 0.3 is 5.97 Å². The average Bonchev–Trinajstić information content (AvgIpc) is 2.28. The number of pyridine rings is 1. The third-order valence-electron chi connectivity index (χ3n) is 2.49. The summed E-state index contributed by atoms with van der Waals surface area (Å²) in [5, 5.41) is 0. The Bertz CT molecular complexity index is 426. The largest absolute Gasteiger partial charge is 0.464 e. The van der Waals surface area contributed by atoms with E-state index in [1.54, 1.807) is 12.1 Å². The molecule has 1 aromatic heterocycles. The minimum atomic E-state index is -0.504. The van der Waals surface area contributed by atoms with E-state index in [1.807, 2.05) is 0 Å². The molecule has 0 unspecified atom stereocenters. The second kappa shape index (κ2) is 3.81. The van der Waals surface area contributed by atoms with Crippen LogP contribution in [0, 0.1) is 0 Å². The number of ketones is 1. The smallest absolute Gasteiger partial charge is 0.356 e. The molecule has 0 aliphatic heterocycles. The molecule has 15 heavy (non-hydrogen) atoms. The summed E-state index contributed by atoms with van der Waals surface area (Å²) in [6.45, 7) is 0. The summed E-state index contributed by atoms with van der Waals surface area (Å²) in [5.41, 5.74) is 1.56. The number of esters is 1. The van der Waals surface area contributed by atoms with Crippen molar-refractivity contribution in [3.8, 4) is 0 Å². The van der Waals surface area contributed by atoms with Crippen molar-refractivity contribution in [2.45, 2.75) is 19.3 Å². The molecule has 1 aromatic rings. The second-order valence-corrected chi connectivity index (χ2v) is 3.47. The lowest BCUT2D eigenvalue weighted by molar-refractivity contribution is 0.0594. The lowest BCUT2D eigenvalue weighted by atomic mass is 9.95. The Balaban J connectivity index is 2.44. The lowest BCUT2D eigenvalue weighted by Gasteiger charge is -2.13. The molecule has 0 saturated carbocycles. The molecule has 0 aromatic carbocycles. The maximum Gasteiger partial charge on any atom is 0.356 e. The summed E-state index contributed by atoms with van der Waals surface area (Å²) in [6, 6.07) is 3.38. The summed E-state index contributed by atoms with van der Waals surface area (Å²) >= 11 is 0. The summed E-state index contributed by atoms with van der Waals surface area (Å²) < 4.78 is 4.55. The molecule has 0 radical (unpaired) electrons. The molecule has 0 atom stereocenters. The van der Waals surface area contributed by atoms with E-state index in [9.17, 15) is 9.59 Å². The van der Waals surface area contributed by atoms with Crippen LogP contribution in [0.15, 0.2) is 12.1 Å². The highest BCUT2D eigenvalue weighted by Crippen LogP contribution is 2.19. The first-order valence-corrected chi connectivity index (χ1v) is 4.84. The van der Waals surface area contributed by atoms with Crippen molar-refractivity contribution >= 4 is 11.8 Å². The standard InChI is InChI=1S/C11H11NO3/c1-15-11(14)8-6-5-7-3-2-4-9(13)10(7)12-8/h5-6H,2-4H2,1H3. The van der Waals surface area contributed by atoms with E-state index in [-0.39, 0.29) is 11.5 Å². The van der Waals surface area contributed by atoms with Crippen LogP contribution in [0.5, 0.6) is 0 Å². The number of fused-ring (bicyclic) bond motifs is 1. The van der Waals surface area contributed by atoms with Crippen LogP contribution in [-0.2, 0) is 11.2 Å². The van der Waals surface area contributed by atoms with Crippen molar-refractivity contribution in [3.63, 3.8) is 0 Å². The van der Waals surface area contributed by atoms with Crippen LogP contribution in [0.3, 0.4) is 0 Å². The first kappa shape index (κ1) is 9.83. The SMILES string of the molecule is COC(=O)c1ccc2c(n1)C(=O)CCC2. The van der Waals surface area contributed by atoms with Crippen LogP contribution in [0.25, 0.3) is 0 Å². The molecular weight excluding hydrogens is 194 g/mol. The van der Waals surface area contributed by atoms with Crippen molar-refractivity contribution in [2.75, 3.05) is 7.11 Å². The van der Waals surface area contributed by atoms with Gasteiger partial charge in [0.1, 0.15) is 11.4 Å². The van der Waals surface area contributed by atoms with Crippen LogP contribution < -0.4 is 0 Å². The monoisotopic (exact) mass is 205 g/mol. The first-order valence-electron chi connectivity index (χ1n) is 4.84. The number of carbonyl (C=O) groups excluding carboxylic acids is 2. The number of rotatable bonds is 1. The van der Waals surface area contributed by atoms with Crippen LogP contribution in [0.1, 0.15) is 39.4 Å². The zero-order valence-electron chi connectivity index (χ0n) is 8.45. The van der Waals surface area contributed by atoms with Gasteiger partial charge in [-0.3, -0.25) is 4.79 Å². The predicted molar refractivity (Wildman–Crippen MR) is 52.8 cm³/mol. The highest BCUT2D eigenvalue weighted by molar-refractivity contribution is 5.98. The second-order valence-electron chi connectivity index (χ2n) is 3.47. The van der Waals surface area contributed by atoms with Gasteiger partial charge in [-0.25, -0.2) is 9.78 Å². The topological polar surface area (TPSA) is 56.3 Å². The number of aryl methyl sites for hydroxylation is 1. The molecule has 0 saturated heterocycles. The molecule has 0 N–H and O–H groups in total. The maximum absolute atomic E-state index is 11.5. The number of ether oxygens (including phenoxy) is 1. The fourth-order valence-electron chi connectivity index (χ4n) is 1.71. The van der Waals surface area contributed by atoms with Crippen molar-refractivity contribution in [1.29, 1.82) is 0 Å². The Labute approximate surface area is 87.3 Å². The van der Waals surface area contributed by atoms with E-state index >= 15 is 0 Å². The molecule has 2 rings (SSSR count). The molecule has 4 nitrogen and oxygen atoms in total. The number of hydrogen-bond donors (Lipinski definition) is 0. The van der Waals surface area contributed by atoms with E-state index in [1.165, 1.54) is 7.11 Å². The fraction of sp³-hybridized carbons (Fsp3) is 0.364. The van der Waals surface area contributed by atoms with E-state index in [4.69, 9.17) is 0 Å². The van der Waals surface area contributed by atoms with Gasteiger partial charge in [0.05, 0.1) is 7.11 Å². The highest BCUT2D eigenvalue weighted by atomic mass is 16.5. The summed E-state index contributed by atoms with van der Waals surface area (Å²) in [4.78, 5) is 26.8. The zero-order valence-corrected chi connectivity index (χ0v) is 8.45. The number of methoxy groups -OCH3 is 1. The highest BCUT2D eigenvalue weighted by Gasteiger charge is 2.20. The molecule has 1 aliphatic rings. The van der Waals surface area contributed by atoms with E-state index in [2.05, 4.69) is 9.72 Å². The number of hydrogen-bond acceptors (Lipinski definition) is 4. The molecular formula is C11H11NO3. The van der Waals surface area contributed by atoms with Gasteiger partial charge in [0.25, 0.3) is 0 Å². The molecule has 0 amide bonds. The lowest BCUT2D eigenvalue weighted by Crippen LogP contribution is -2.16. The van der Waals surface area contributed by atoms with E-state index in [0.717, 1.165) is 18.4 Å². The quantitative estimate of drug-likeness (QED) is 0.650. The molecule has 4 heteroatoms. The Morgan fingerprint density at radius 2 is 2.20 bits per heavy atom. The van der Waals surface area contributed by atoms with Gasteiger partial charge in [0, 0.05) is 6.42 Å². The molecule has 0 spiro atoms. The predicted octanol–water partition coefficient (Wildman–Crippen LogP) is 1.39. The minimum Gasteiger partial charge on any atom is -0.464 e. The Kier molecular flexibility index (Phi) is 2.49. The molecule has 1 heterocycles. The zero-order chi connectivity index (χ0) is 10.8. The minimum absolute atomic E-state index is 0.0157. The summed E-state index contributed by atoms with van der Waals surface area (Å²) in [6.07, 6.45) is 2.24. The van der Waals surface area contributed by atoms with Gasteiger partial charge < -0.3 is 4.74 Å². The van der Waals surface area contributed by atoms with Crippen molar-refractivity contribution in [1.82, 2.24) is 4.98 Å². The maximum atomic E-state index is 11.5. The number of nitrogens with zero attached hydrogens (tertiary/aromatic N) is 1. The number of aromatic nitrogens is 1. The third kappa shape index (κ3) is 1.75. The van der Waals surface area contributed by atoms with Crippen molar-refractivity contribution in [3.05, 3.63) is 29.1 Å². The van der Waals surface area contributed by atoms with Crippen molar-refractivity contribution in [2.24, 2.45) is 0 Å². The van der Waals surface area contributed by atoms with E-state index in [0.29, 0.717) is 12.1 Å². The summed E-state index contributed by atoms with van der Waals surface area (Å²) in [7, 11) is 1.30. The van der Waals surface area contributed by atoms with Crippen LogP contribution in [-0.4, -0.2) is 23.8 Å². The molecule has 78 valence electrons. The van der Waals surface area contributed by atoms with Gasteiger partial charge in [0.15, 0.2) is 5.78 Å². The van der Waals surface area contributed by atoms with Gasteiger partial charge in [-0.15, -0.1) is 0 Å². The third-order valence-corrected chi connectivity index (χ3v) is 2.49. The van der Waals surface area contributed by atoms with E-state index < -0.39 is 5.97 Å².